The van der Waals surface area contributed by atoms with Crippen molar-refractivity contribution in [3.8, 4) is 17.2 Å². The maximum Gasteiger partial charge on any atom is 0.387 e. The Morgan fingerprint density at radius 3 is 1.94 bits per heavy atom. The molecular weight excluding hydrogens is 357 g/mol. The van der Waals surface area contributed by atoms with Crippen LogP contribution in [0.5, 0.6) is 17.2 Å². The molecule has 0 spiro atoms. The van der Waals surface area contributed by atoms with Gasteiger partial charge in [0.1, 0.15) is 15.8 Å². The monoisotopic (exact) mass is 364 g/mol. The second-order valence-corrected chi connectivity index (χ2v) is 4.33. The highest BCUT2D eigenvalue weighted by Crippen LogP contribution is 2.50. The van der Waals surface area contributed by atoms with Crippen LogP contribution in [0.2, 0.25) is 10.0 Å². The lowest BCUT2D eigenvalue weighted by Gasteiger charge is -2.18. The molecule has 0 radical (unpaired) electrons. The fourth-order valence-corrected chi connectivity index (χ4v) is 2.65. The molecule has 0 saturated heterocycles. The molecule has 0 aliphatic heterocycles. The van der Waals surface area contributed by atoms with E-state index in [9.17, 15) is 8.78 Å². The SMILES string of the molecule is COc1c(Cl)c(OC)c(CBr)c(OC(F)F)c1Cl. The van der Waals surface area contributed by atoms with Crippen molar-refractivity contribution in [2.45, 2.75) is 11.9 Å². The van der Waals surface area contributed by atoms with E-state index in [1.54, 1.807) is 0 Å². The summed E-state index contributed by atoms with van der Waals surface area (Å²) in [4.78, 5) is 0. The Balaban J connectivity index is 3.55. The highest BCUT2D eigenvalue weighted by Gasteiger charge is 2.26. The average Bonchev–Trinajstić information content (AvgIpc) is 2.32. The zero-order valence-electron chi connectivity index (χ0n) is 9.40. The van der Waals surface area contributed by atoms with Gasteiger partial charge in [0.25, 0.3) is 0 Å². The topological polar surface area (TPSA) is 27.7 Å². The van der Waals surface area contributed by atoms with Crippen molar-refractivity contribution in [3.05, 3.63) is 15.6 Å². The minimum atomic E-state index is -3.02. The van der Waals surface area contributed by atoms with Gasteiger partial charge < -0.3 is 14.2 Å². The second-order valence-electron chi connectivity index (χ2n) is 3.01. The lowest BCUT2D eigenvalue weighted by molar-refractivity contribution is -0.0504. The molecule has 0 heterocycles. The van der Waals surface area contributed by atoms with E-state index in [1.807, 2.05) is 0 Å². The number of hydrogen-bond acceptors (Lipinski definition) is 3. The first kappa shape index (κ1) is 15.6. The molecule has 0 saturated carbocycles. The van der Waals surface area contributed by atoms with Crippen LogP contribution in [-0.2, 0) is 5.33 Å². The van der Waals surface area contributed by atoms with Gasteiger partial charge in [-0.1, -0.05) is 39.1 Å². The maximum absolute atomic E-state index is 12.4. The van der Waals surface area contributed by atoms with Gasteiger partial charge in [0.15, 0.2) is 11.5 Å². The van der Waals surface area contributed by atoms with Crippen LogP contribution in [0.15, 0.2) is 0 Å². The fourth-order valence-electron chi connectivity index (χ4n) is 1.40. The minimum absolute atomic E-state index is 0.0236. The molecule has 0 unspecified atom stereocenters. The van der Waals surface area contributed by atoms with Gasteiger partial charge >= 0.3 is 6.61 Å². The maximum atomic E-state index is 12.4. The molecule has 0 amide bonds. The van der Waals surface area contributed by atoms with Gasteiger partial charge in [0.05, 0.1) is 19.8 Å². The van der Waals surface area contributed by atoms with Crippen molar-refractivity contribution in [2.75, 3.05) is 14.2 Å². The number of ether oxygens (including phenoxy) is 3. The molecular formula is C10H9BrCl2F2O3. The first-order valence-corrected chi connectivity index (χ1v) is 6.48. The quantitative estimate of drug-likeness (QED) is 0.718. The van der Waals surface area contributed by atoms with Gasteiger partial charge in [0, 0.05) is 5.33 Å². The van der Waals surface area contributed by atoms with Gasteiger partial charge in [-0.25, -0.2) is 0 Å². The summed E-state index contributed by atoms with van der Waals surface area (Å²) in [5.41, 5.74) is 0.286. The van der Waals surface area contributed by atoms with Crippen molar-refractivity contribution in [1.82, 2.24) is 0 Å². The lowest BCUT2D eigenvalue weighted by atomic mass is 10.2. The van der Waals surface area contributed by atoms with E-state index in [1.165, 1.54) is 14.2 Å². The molecule has 0 atom stereocenters. The first-order valence-electron chi connectivity index (χ1n) is 4.60. The summed E-state index contributed by atoms with van der Waals surface area (Å²) in [5.74, 6) is -0.0254. The third-order valence-electron chi connectivity index (χ3n) is 2.09. The van der Waals surface area contributed by atoms with E-state index in [2.05, 4.69) is 20.7 Å². The summed E-state index contributed by atoms with van der Waals surface area (Å²) in [6.07, 6.45) is 0. The smallest absolute Gasteiger partial charge is 0.387 e. The van der Waals surface area contributed by atoms with Crippen LogP contribution in [-0.4, -0.2) is 20.8 Å². The Labute approximate surface area is 121 Å². The van der Waals surface area contributed by atoms with Crippen LogP contribution < -0.4 is 14.2 Å². The minimum Gasteiger partial charge on any atom is -0.495 e. The zero-order valence-corrected chi connectivity index (χ0v) is 12.5. The Hall–Kier alpha value is -0.460. The third kappa shape index (κ3) is 2.92. The molecule has 0 aromatic heterocycles. The summed E-state index contributed by atoms with van der Waals surface area (Å²) in [6.45, 7) is -3.02. The highest BCUT2D eigenvalue weighted by atomic mass is 79.9. The highest BCUT2D eigenvalue weighted by molar-refractivity contribution is 9.08. The van der Waals surface area contributed by atoms with Crippen molar-refractivity contribution in [2.24, 2.45) is 0 Å². The van der Waals surface area contributed by atoms with E-state index >= 15 is 0 Å². The molecule has 0 N–H and O–H groups in total. The van der Waals surface area contributed by atoms with Gasteiger partial charge in [-0.15, -0.1) is 0 Å². The van der Waals surface area contributed by atoms with Crippen LogP contribution >= 0.6 is 39.1 Å². The average molecular weight is 366 g/mol. The normalized spacial score (nSPS) is 10.7. The number of methoxy groups -OCH3 is 2. The second kappa shape index (κ2) is 6.63. The van der Waals surface area contributed by atoms with Crippen molar-refractivity contribution in [1.29, 1.82) is 0 Å². The summed E-state index contributed by atoms with van der Waals surface area (Å²) >= 11 is 15.1. The Kier molecular flexibility index (Phi) is 5.75. The molecule has 1 aromatic carbocycles. The van der Waals surface area contributed by atoms with E-state index in [4.69, 9.17) is 32.7 Å². The molecule has 8 heteroatoms. The number of rotatable bonds is 5. The van der Waals surface area contributed by atoms with Crippen LogP contribution in [0, 0.1) is 0 Å². The van der Waals surface area contributed by atoms with Gasteiger partial charge in [-0.2, -0.15) is 8.78 Å². The zero-order chi connectivity index (χ0) is 13.9. The molecule has 18 heavy (non-hydrogen) atoms. The number of hydrogen-bond donors (Lipinski definition) is 0. The van der Waals surface area contributed by atoms with Crippen LogP contribution in [0.25, 0.3) is 0 Å². The summed E-state index contributed by atoms with van der Waals surface area (Å²) in [7, 11) is 2.67. The van der Waals surface area contributed by atoms with Crippen molar-refractivity contribution < 1.29 is 23.0 Å². The molecule has 102 valence electrons. The van der Waals surface area contributed by atoms with Gasteiger partial charge in [-0.05, 0) is 0 Å². The Morgan fingerprint density at radius 1 is 1.06 bits per heavy atom. The van der Waals surface area contributed by atoms with Gasteiger partial charge in [-0.3, -0.25) is 0 Å². The van der Waals surface area contributed by atoms with Crippen molar-refractivity contribution >= 4 is 39.1 Å². The predicted octanol–water partition coefficient (Wildman–Crippen LogP) is 4.51. The van der Waals surface area contributed by atoms with E-state index in [0.29, 0.717) is 0 Å². The predicted molar refractivity (Wildman–Crippen MR) is 68.8 cm³/mol. The molecule has 0 aliphatic rings. The van der Waals surface area contributed by atoms with Crippen LogP contribution in [0.1, 0.15) is 5.56 Å². The third-order valence-corrected chi connectivity index (χ3v) is 3.34. The molecule has 1 aromatic rings. The Morgan fingerprint density at radius 2 is 1.56 bits per heavy atom. The standard InChI is InChI=1S/C10H9BrCl2F2O3/c1-16-7-4(3-11)8(18-10(14)15)6(13)9(17-2)5(7)12/h10H,3H2,1-2H3. The fraction of sp³-hybridized carbons (Fsp3) is 0.400. The van der Waals surface area contributed by atoms with Gasteiger partial charge in [0.2, 0.25) is 0 Å². The number of benzene rings is 1. The molecule has 0 aliphatic carbocycles. The number of halogens is 5. The largest absolute Gasteiger partial charge is 0.495 e. The van der Waals surface area contributed by atoms with E-state index < -0.39 is 6.61 Å². The first-order chi connectivity index (χ1) is 8.47. The van der Waals surface area contributed by atoms with Crippen molar-refractivity contribution in [3.63, 3.8) is 0 Å². The molecule has 0 fully saturated rings. The van der Waals surface area contributed by atoms with Crippen LogP contribution in [0.3, 0.4) is 0 Å². The van der Waals surface area contributed by atoms with E-state index in [0.717, 1.165) is 0 Å². The van der Waals surface area contributed by atoms with E-state index in [-0.39, 0.29) is 38.2 Å². The summed E-state index contributed by atoms with van der Waals surface area (Å²) < 4.78 is 39.2. The molecule has 3 nitrogen and oxygen atoms in total. The Bertz CT molecular complexity index is 444. The lowest BCUT2D eigenvalue weighted by Crippen LogP contribution is -2.07. The number of alkyl halides is 3. The molecule has 1 rings (SSSR count). The summed E-state index contributed by atoms with van der Waals surface area (Å²) in [5, 5.41) is 0.154. The van der Waals surface area contributed by atoms with Crippen LogP contribution in [0.4, 0.5) is 8.78 Å². The molecule has 0 bridgehead atoms. The summed E-state index contributed by atoms with van der Waals surface area (Å²) in [6, 6.07) is 0.